The summed E-state index contributed by atoms with van der Waals surface area (Å²) in [5.74, 6) is -3.90. The number of urea groups is 1. The summed E-state index contributed by atoms with van der Waals surface area (Å²) in [5.41, 5.74) is 6.21. The molecular formula is C34H57N5O20. The molecule has 59 heavy (non-hydrogen) atoms. The maximum absolute atomic E-state index is 13.1. The second kappa shape index (κ2) is 22.1. The van der Waals surface area contributed by atoms with E-state index in [1.54, 1.807) is 6.92 Å². The number of hydrazone groups is 1. The van der Waals surface area contributed by atoms with Crippen LogP contribution in [-0.4, -0.2) is 205 Å². The lowest BCUT2D eigenvalue weighted by atomic mass is 9.90. The van der Waals surface area contributed by atoms with Crippen molar-refractivity contribution in [2.75, 3.05) is 34.0 Å². The molecule has 4 saturated heterocycles. The van der Waals surface area contributed by atoms with Crippen molar-refractivity contribution in [3.05, 3.63) is 0 Å². The van der Waals surface area contributed by atoms with Gasteiger partial charge in [-0.15, -0.1) is 0 Å². The van der Waals surface area contributed by atoms with Gasteiger partial charge in [-0.05, 0) is 0 Å². The number of aliphatic hydroxyl groups excluding tert-OH is 7. The van der Waals surface area contributed by atoms with E-state index in [0.29, 0.717) is 6.29 Å². The summed E-state index contributed by atoms with van der Waals surface area (Å²) in [6, 6.07) is -2.21. The topological polar surface area (TPSA) is 353 Å². The minimum absolute atomic E-state index is 0.211. The molecule has 4 rings (SSSR count). The van der Waals surface area contributed by atoms with Crippen LogP contribution in [0.25, 0.3) is 0 Å². The van der Waals surface area contributed by atoms with Gasteiger partial charge >= 0.3 is 6.03 Å². The van der Waals surface area contributed by atoms with E-state index in [0.717, 1.165) is 6.21 Å². The van der Waals surface area contributed by atoms with Crippen molar-refractivity contribution < 1.29 is 97.6 Å². The lowest BCUT2D eigenvalue weighted by Crippen LogP contribution is -2.68. The number of methoxy groups -OCH3 is 2. The first-order valence-corrected chi connectivity index (χ1v) is 18.8. The van der Waals surface area contributed by atoms with E-state index in [-0.39, 0.29) is 13.2 Å². The highest BCUT2D eigenvalue weighted by Gasteiger charge is 2.53. The Kier molecular flexibility index (Phi) is 18.2. The quantitative estimate of drug-likeness (QED) is 0.0316. The largest absolute Gasteiger partial charge is 0.394 e. The Hall–Kier alpha value is -3.09. The molecule has 4 aliphatic heterocycles. The van der Waals surface area contributed by atoms with Crippen molar-refractivity contribution in [2.24, 2.45) is 22.9 Å². The summed E-state index contributed by atoms with van der Waals surface area (Å²) >= 11 is 0. The minimum atomic E-state index is -1.77. The van der Waals surface area contributed by atoms with Gasteiger partial charge < -0.3 is 88.5 Å². The molecule has 4 fully saturated rings. The fourth-order valence-corrected chi connectivity index (χ4v) is 7.10. The number of hydrogen-bond acceptors (Lipinski definition) is 21. The molecule has 0 aromatic carbocycles. The normalized spacial score (nSPS) is 42.8. The van der Waals surface area contributed by atoms with Crippen LogP contribution in [-0.2, 0) is 57.0 Å². The summed E-state index contributed by atoms with van der Waals surface area (Å²) in [6.07, 6.45) is -20.2. The molecule has 0 saturated carbocycles. The molecule has 4 amide bonds. The Morgan fingerprint density at radius 3 is 1.92 bits per heavy atom. The molecule has 0 aromatic heterocycles. The molecule has 25 heteroatoms. The van der Waals surface area contributed by atoms with E-state index in [9.17, 15) is 54.9 Å². The zero-order valence-electron chi connectivity index (χ0n) is 33.2. The number of hydrogen-bond donors (Lipinski definition) is 11. The Morgan fingerprint density at radius 2 is 1.31 bits per heavy atom. The van der Waals surface area contributed by atoms with Crippen LogP contribution in [0.15, 0.2) is 5.10 Å². The summed E-state index contributed by atoms with van der Waals surface area (Å²) in [7, 11) is 2.62. The number of carbonyl (C=O) groups excluding carboxylic acids is 4. The molecule has 0 aromatic rings. The van der Waals surface area contributed by atoms with E-state index in [1.165, 1.54) is 35.0 Å². The second-order valence-corrected chi connectivity index (χ2v) is 14.6. The average Bonchev–Trinajstić information content (AvgIpc) is 3.21. The van der Waals surface area contributed by atoms with E-state index in [4.69, 9.17) is 42.6 Å². The van der Waals surface area contributed by atoms with E-state index in [2.05, 4.69) is 21.3 Å². The fourth-order valence-electron chi connectivity index (χ4n) is 7.10. The van der Waals surface area contributed by atoms with E-state index < -0.39 is 147 Å². The highest BCUT2D eigenvalue weighted by Crippen LogP contribution is 2.34. The lowest BCUT2D eigenvalue weighted by molar-refractivity contribution is -0.339. The van der Waals surface area contributed by atoms with Crippen LogP contribution >= 0.6 is 0 Å². The molecular weight excluding hydrogens is 798 g/mol. The van der Waals surface area contributed by atoms with Gasteiger partial charge in [0.25, 0.3) is 5.91 Å². The maximum atomic E-state index is 13.1. The van der Waals surface area contributed by atoms with Gasteiger partial charge in [0.05, 0.1) is 44.3 Å². The number of aldehydes is 1. The van der Waals surface area contributed by atoms with Crippen LogP contribution in [0, 0.1) is 17.8 Å². The Labute approximate surface area is 338 Å². The highest BCUT2D eigenvalue weighted by atomic mass is 16.7. The van der Waals surface area contributed by atoms with Gasteiger partial charge in [0.1, 0.15) is 67.3 Å². The first kappa shape index (κ1) is 48.6. The average molecular weight is 856 g/mol. The number of hydrazine groups is 1. The monoisotopic (exact) mass is 855 g/mol. The predicted octanol–water partition coefficient (Wildman–Crippen LogP) is -5.95. The third kappa shape index (κ3) is 11.6. The molecule has 0 aliphatic carbocycles. The summed E-state index contributed by atoms with van der Waals surface area (Å²) in [6.45, 7) is 4.65. The third-order valence-electron chi connectivity index (χ3n) is 10.6. The number of nitrogens with zero attached hydrogens (tertiary/aromatic N) is 1. The van der Waals surface area contributed by atoms with Gasteiger partial charge in [0.15, 0.2) is 25.2 Å². The van der Waals surface area contributed by atoms with Crippen LogP contribution in [0.5, 0.6) is 0 Å². The number of ether oxygens (including phenoxy) is 9. The van der Waals surface area contributed by atoms with Gasteiger partial charge in [0, 0.05) is 38.9 Å². The molecule has 8 unspecified atom stereocenters. The first-order chi connectivity index (χ1) is 28.0. The standard InChI is InChI=1S/C34H57N5O20/c1-12-16(9-40)54-32(24(47)20(12)43)57-26-14(3)30(51-5)56-18(23(26)46)11-53-8-7-35-38-34(50)39-37-29(49)27-13(2)21(44)25(48)33(58-27)59-28-19(36-15(4)42)31(52-6)55-17(10-41)22(28)45/h7,9,12-14,16-28,30-33,41,43-48H,8,10-11H2,1-6H3,(H,36,42)(H,37,49)(H2,38,39,50)/b35-7+/t12-,13+,14?,16?,17?,18?,19?,20+,21+,22-,23-,24?,25?,26-,27?,28-,30-,31-,32+,33+/m1/s1. The molecule has 4 heterocycles. The third-order valence-corrected chi connectivity index (χ3v) is 10.6. The number of amides is 4. The molecule has 25 nitrogen and oxygen atoms in total. The van der Waals surface area contributed by atoms with Gasteiger partial charge in [-0.2, -0.15) is 5.10 Å². The predicted molar refractivity (Wildman–Crippen MR) is 192 cm³/mol. The van der Waals surface area contributed by atoms with Gasteiger partial charge in [-0.3, -0.25) is 15.0 Å². The lowest BCUT2D eigenvalue weighted by Gasteiger charge is -2.47. The number of rotatable bonds is 15. The first-order valence-electron chi connectivity index (χ1n) is 18.8. The molecule has 4 aliphatic rings. The Balaban J connectivity index is 1.26. The van der Waals surface area contributed by atoms with E-state index >= 15 is 0 Å². The van der Waals surface area contributed by atoms with Gasteiger partial charge in [-0.1, -0.05) is 20.8 Å². The van der Waals surface area contributed by atoms with Gasteiger partial charge in [0.2, 0.25) is 5.91 Å². The summed E-state index contributed by atoms with van der Waals surface area (Å²) < 4.78 is 50.3. The van der Waals surface area contributed by atoms with Crippen LogP contribution in [0.1, 0.15) is 27.7 Å². The van der Waals surface area contributed by atoms with Crippen molar-refractivity contribution in [3.8, 4) is 0 Å². The molecule has 11 N–H and O–H groups in total. The Morgan fingerprint density at radius 1 is 0.712 bits per heavy atom. The van der Waals surface area contributed by atoms with Crippen molar-refractivity contribution in [1.82, 2.24) is 21.6 Å². The van der Waals surface area contributed by atoms with E-state index in [1.807, 2.05) is 5.43 Å². The number of nitrogens with one attached hydrogen (secondary N) is 4. The smallest absolute Gasteiger partial charge is 0.353 e. The number of carbonyl (C=O) groups is 4. The second-order valence-electron chi connectivity index (χ2n) is 14.6. The Bertz CT molecular complexity index is 1420. The SMILES string of the molecule is CO[C@@H]1OC(COC/C=N/NC(=O)NNC(=O)C2O[C@@H](O[C@@H]3C(NC(C)=O)[C@H](OC)OC(CO)[C@H]3O)C(O)[C@@H](O)[C@@H]2C)[C@@H](O)[C@H](O[C@@H]2OC(C=O)[C@@H](C)[C@H](O)C2O)C1C. The zero-order chi connectivity index (χ0) is 43.7. The van der Waals surface area contributed by atoms with Crippen LogP contribution in [0.4, 0.5) is 4.79 Å². The summed E-state index contributed by atoms with van der Waals surface area (Å²) in [5, 5.41) is 80.3. The van der Waals surface area contributed by atoms with Crippen molar-refractivity contribution >= 4 is 30.3 Å². The zero-order valence-corrected chi connectivity index (χ0v) is 33.2. The van der Waals surface area contributed by atoms with Crippen molar-refractivity contribution in [1.29, 1.82) is 0 Å². The summed E-state index contributed by atoms with van der Waals surface area (Å²) in [4.78, 5) is 48.8. The van der Waals surface area contributed by atoms with Crippen molar-refractivity contribution in [2.45, 2.75) is 132 Å². The van der Waals surface area contributed by atoms with Crippen LogP contribution < -0.4 is 21.6 Å². The van der Waals surface area contributed by atoms with Gasteiger partial charge in [-0.25, -0.2) is 15.6 Å². The molecule has 0 bridgehead atoms. The minimum Gasteiger partial charge on any atom is -0.394 e. The molecule has 20 atom stereocenters. The fraction of sp³-hybridized carbons (Fsp3) is 0.853. The molecule has 0 radical (unpaired) electrons. The number of aliphatic hydroxyl groups is 7. The van der Waals surface area contributed by atoms with Crippen LogP contribution in [0.3, 0.4) is 0 Å². The van der Waals surface area contributed by atoms with Crippen LogP contribution in [0.2, 0.25) is 0 Å². The molecule has 0 spiro atoms. The van der Waals surface area contributed by atoms with Crippen molar-refractivity contribution in [3.63, 3.8) is 0 Å². The molecule has 338 valence electrons. The maximum Gasteiger partial charge on any atom is 0.353 e. The highest BCUT2D eigenvalue weighted by molar-refractivity contribution is 5.84.